The van der Waals surface area contributed by atoms with Crippen molar-refractivity contribution in [2.24, 2.45) is 11.8 Å². The van der Waals surface area contributed by atoms with Crippen LogP contribution in [0.3, 0.4) is 0 Å². The predicted octanol–water partition coefficient (Wildman–Crippen LogP) is 11.1. The predicted molar refractivity (Wildman–Crippen MR) is 238 cm³/mol. The SMILES string of the molecule is CCOC(=O)COc1cc([C@H]2CC2CC2CCn3c(Cl)c(-c4cc(Oc5ccccc5O)c(Cl)cc4F)c(=O)n3C2)ccc1Oc1cc(-c2c(Cl)n3n(c2=O)CCCC3)c(F)cc1Cl. The van der Waals surface area contributed by atoms with Gasteiger partial charge in [-0.3, -0.25) is 19.0 Å². The minimum Gasteiger partial charge on any atom is -0.504 e. The Labute approximate surface area is 384 Å². The van der Waals surface area contributed by atoms with Gasteiger partial charge in [0.25, 0.3) is 11.1 Å². The summed E-state index contributed by atoms with van der Waals surface area (Å²) in [5, 5.41) is 10.3. The van der Waals surface area contributed by atoms with E-state index in [0.717, 1.165) is 49.8 Å². The molecule has 1 fully saturated rings. The minimum atomic E-state index is -0.751. The highest BCUT2D eigenvalue weighted by atomic mass is 35.5. The molecule has 18 heteroatoms. The van der Waals surface area contributed by atoms with Crippen molar-refractivity contribution < 1.29 is 37.6 Å². The van der Waals surface area contributed by atoms with Crippen LogP contribution in [0.4, 0.5) is 8.78 Å². The molecule has 1 N–H and O–H groups in total. The standard InChI is InChI=1S/C46H40Cl4F2N4O8/c1-2-61-40(58)23-62-39-17-25(9-10-36(39)64-38-19-28(32(51)21-31(38)48)41-43(49)53-12-5-6-13-55(53)45(41)59)27-16-26(27)15-24-11-14-54-44(50)42(46(60)56(54)22-24)29-18-37(30(47)20-33(29)52)63-35-8-4-3-7-34(35)57/h3-4,7-10,17-21,24,26-27,57H,2,5-6,11-16,22-23H2,1H3/t24?,26?,27-/m1/s1. The van der Waals surface area contributed by atoms with Gasteiger partial charge < -0.3 is 24.1 Å². The smallest absolute Gasteiger partial charge is 0.344 e. The Morgan fingerprint density at radius 1 is 0.734 bits per heavy atom. The lowest BCUT2D eigenvalue weighted by Crippen LogP contribution is -2.33. The zero-order valence-electron chi connectivity index (χ0n) is 34.2. The summed E-state index contributed by atoms with van der Waals surface area (Å²) in [5.41, 5.74) is -0.0736. The van der Waals surface area contributed by atoms with Crippen molar-refractivity contribution in [1.82, 2.24) is 18.7 Å². The van der Waals surface area contributed by atoms with Crippen molar-refractivity contribution in [2.45, 2.75) is 71.1 Å². The molecular formula is C46H40Cl4F2N4O8. The number of hydrogen-bond donors (Lipinski definition) is 1. The second kappa shape index (κ2) is 17.9. The lowest BCUT2D eigenvalue weighted by molar-refractivity contribution is -0.145. The van der Waals surface area contributed by atoms with Crippen molar-refractivity contribution in [2.75, 3.05) is 13.2 Å². The first-order valence-electron chi connectivity index (χ1n) is 20.8. The van der Waals surface area contributed by atoms with Crippen LogP contribution >= 0.6 is 46.4 Å². The number of nitrogens with zero attached hydrogens (tertiary/aromatic N) is 4. The lowest BCUT2D eigenvalue weighted by atomic mass is 9.95. The third-order valence-electron chi connectivity index (χ3n) is 12.0. The second-order valence-electron chi connectivity index (χ2n) is 16.1. The average molecular weight is 957 g/mol. The van der Waals surface area contributed by atoms with E-state index in [4.69, 9.17) is 65.4 Å². The maximum absolute atomic E-state index is 15.5. The number of aromatic nitrogens is 4. The van der Waals surface area contributed by atoms with Crippen molar-refractivity contribution in [3.63, 3.8) is 0 Å². The number of fused-ring (bicyclic) bond motifs is 2. The van der Waals surface area contributed by atoms with E-state index in [-0.39, 0.29) is 101 Å². The normalized spacial score (nSPS) is 17.7. The zero-order valence-corrected chi connectivity index (χ0v) is 37.2. The van der Waals surface area contributed by atoms with E-state index in [0.29, 0.717) is 26.2 Å². The van der Waals surface area contributed by atoms with Crippen LogP contribution in [0.1, 0.15) is 50.5 Å². The highest BCUT2D eigenvalue weighted by molar-refractivity contribution is 6.34. The number of phenols is 1. The van der Waals surface area contributed by atoms with E-state index in [9.17, 15) is 19.5 Å². The number of hydrogen-bond acceptors (Lipinski definition) is 8. The molecule has 0 bridgehead atoms. The fourth-order valence-electron chi connectivity index (χ4n) is 8.79. The first kappa shape index (κ1) is 43.8. The summed E-state index contributed by atoms with van der Waals surface area (Å²) in [5.74, 6) is -1.11. The summed E-state index contributed by atoms with van der Waals surface area (Å²) in [6.45, 7) is 3.24. The first-order valence-corrected chi connectivity index (χ1v) is 22.4. The van der Waals surface area contributed by atoms with Crippen LogP contribution in [0, 0.1) is 23.5 Å². The van der Waals surface area contributed by atoms with E-state index in [1.165, 1.54) is 28.9 Å². The molecular weight excluding hydrogens is 916 g/mol. The van der Waals surface area contributed by atoms with Gasteiger partial charge in [0.05, 0.1) is 27.8 Å². The largest absolute Gasteiger partial charge is 0.504 e. The number of carbonyl (C=O) groups is 1. The van der Waals surface area contributed by atoms with Crippen molar-refractivity contribution in [1.29, 1.82) is 0 Å². The van der Waals surface area contributed by atoms with E-state index in [1.54, 1.807) is 45.2 Å². The number of rotatable bonds is 13. The van der Waals surface area contributed by atoms with Gasteiger partial charge in [-0.2, -0.15) is 0 Å². The Morgan fingerprint density at radius 2 is 1.34 bits per heavy atom. The molecule has 4 aromatic carbocycles. The molecule has 9 rings (SSSR count). The van der Waals surface area contributed by atoms with Crippen LogP contribution in [-0.2, 0) is 35.7 Å². The Morgan fingerprint density at radius 3 is 1.98 bits per heavy atom. The quantitative estimate of drug-likeness (QED) is 0.113. The van der Waals surface area contributed by atoms with Gasteiger partial charge in [0.1, 0.15) is 33.4 Å². The molecule has 2 aromatic heterocycles. The van der Waals surface area contributed by atoms with Gasteiger partial charge in [-0.25, -0.2) is 22.9 Å². The summed E-state index contributed by atoms with van der Waals surface area (Å²) >= 11 is 26.3. The van der Waals surface area contributed by atoms with Crippen molar-refractivity contribution >= 4 is 52.4 Å². The number of benzene rings is 4. The number of esters is 1. The molecule has 64 heavy (non-hydrogen) atoms. The Hall–Kier alpha value is -5.41. The number of carbonyl (C=O) groups excluding carboxylic acids is 1. The molecule has 2 aliphatic heterocycles. The van der Waals surface area contributed by atoms with Gasteiger partial charge in [0, 0.05) is 37.3 Å². The van der Waals surface area contributed by atoms with Gasteiger partial charge in [-0.1, -0.05) is 64.6 Å². The highest BCUT2D eigenvalue weighted by Crippen LogP contribution is 2.53. The molecule has 1 aliphatic carbocycles. The fraction of sp³-hybridized carbons (Fsp3) is 0.326. The topological polar surface area (TPSA) is 128 Å². The molecule has 1 saturated carbocycles. The summed E-state index contributed by atoms with van der Waals surface area (Å²) in [6.07, 6.45) is 4.01. The minimum absolute atomic E-state index is 0.0114. The Balaban J connectivity index is 0.934. The second-order valence-corrected chi connectivity index (χ2v) is 17.6. The van der Waals surface area contributed by atoms with Crippen LogP contribution in [-0.4, -0.2) is 43.0 Å². The molecule has 0 saturated heterocycles. The van der Waals surface area contributed by atoms with Crippen LogP contribution < -0.4 is 25.3 Å². The van der Waals surface area contributed by atoms with Gasteiger partial charge in [0.15, 0.2) is 29.6 Å². The maximum atomic E-state index is 15.5. The highest BCUT2D eigenvalue weighted by Gasteiger charge is 2.41. The molecule has 3 aliphatic rings. The number of halogens is 6. The maximum Gasteiger partial charge on any atom is 0.344 e. The van der Waals surface area contributed by atoms with Crippen molar-refractivity contribution in [3.05, 3.63) is 125 Å². The zero-order chi connectivity index (χ0) is 45.0. The summed E-state index contributed by atoms with van der Waals surface area (Å²) in [6, 6.07) is 16.4. The Bertz CT molecular complexity index is 2950. The number of para-hydroxylation sites is 2. The van der Waals surface area contributed by atoms with Crippen LogP contribution in [0.5, 0.6) is 34.5 Å². The molecule has 2 unspecified atom stereocenters. The average Bonchev–Trinajstić information content (AvgIpc) is 3.94. The fourth-order valence-corrected chi connectivity index (χ4v) is 9.88. The molecule has 4 heterocycles. The Kier molecular flexibility index (Phi) is 12.2. The molecule has 0 amide bonds. The monoisotopic (exact) mass is 954 g/mol. The first-order chi connectivity index (χ1) is 30.8. The van der Waals surface area contributed by atoms with Gasteiger partial charge in [0.2, 0.25) is 0 Å². The molecule has 12 nitrogen and oxygen atoms in total. The van der Waals surface area contributed by atoms with Gasteiger partial charge in [-0.15, -0.1) is 0 Å². The third kappa shape index (κ3) is 8.36. The molecule has 0 radical (unpaired) electrons. The molecule has 3 atom stereocenters. The summed E-state index contributed by atoms with van der Waals surface area (Å²) in [7, 11) is 0. The molecule has 6 aromatic rings. The van der Waals surface area contributed by atoms with Crippen molar-refractivity contribution in [3.8, 4) is 56.8 Å². The van der Waals surface area contributed by atoms with Crippen LogP contribution in [0.25, 0.3) is 22.3 Å². The van der Waals surface area contributed by atoms with E-state index >= 15 is 8.78 Å². The molecule has 0 spiro atoms. The number of aromatic hydroxyl groups is 1. The third-order valence-corrected chi connectivity index (χ3v) is 13.4. The van der Waals surface area contributed by atoms with Crippen LogP contribution in [0.15, 0.2) is 76.3 Å². The molecule has 334 valence electrons. The van der Waals surface area contributed by atoms with Gasteiger partial charge >= 0.3 is 5.97 Å². The van der Waals surface area contributed by atoms with E-state index in [1.807, 2.05) is 6.07 Å². The lowest BCUT2D eigenvalue weighted by Gasteiger charge is -2.26. The van der Waals surface area contributed by atoms with E-state index in [2.05, 4.69) is 0 Å². The summed E-state index contributed by atoms with van der Waals surface area (Å²) < 4.78 is 60.5. The number of ether oxygens (including phenoxy) is 4. The number of phenolic OH excluding ortho intramolecular Hbond substituents is 1. The van der Waals surface area contributed by atoms with E-state index < -0.39 is 35.3 Å². The van der Waals surface area contributed by atoms with Gasteiger partial charge in [-0.05, 0) is 111 Å². The van der Waals surface area contributed by atoms with Crippen LogP contribution in [0.2, 0.25) is 20.4 Å². The summed E-state index contributed by atoms with van der Waals surface area (Å²) in [4.78, 5) is 39.7.